The van der Waals surface area contributed by atoms with Gasteiger partial charge in [0.05, 0.1) is 0 Å². The molecule has 0 amide bonds. The quantitative estimate of drug-likeness (QED) is 0.496. The van der Waals surface area contributed by atoms with Crippen LogP contribution < -0.4 is 10.6 Å². The average molecular weight is 389 g/mol. The van der Waals surface area contributed by atoms with Gasteiger partial charge in [-0.15, -0.1) is 0 Å². The van der Waals surface area contributed by atoms with Crippen molar-refractivity contribution in [2.45, 2.75) is 50.3 Å². The smallest absolute Gasteiger partial charge is 0.0332 e. The molecule has 0 aliphatic carbocycles. The van der Waals surface area contributed by atoms with E-state index in [1.807, 2.05) is 21.6 Å². The van der Waals surface area contributed by atoms with Crippen LogP contribution in [0.2, 0.25) is 0 Å². The monoisotopic (exact) mass is 388 g/mol. The summed E-state index contributed by atoms with van der Waals surface area (Å²) in [5.74, 6) is 0. The van der Waals surface area contributed by atoms with Crippen molar-refractivity contribution in [2.24, 2.45) is 0 Å². The molecule has 2 rings (SSSR count). The molecule has 0 saturated carbocycles. The molecule has 0 aromatic heterocycles. The van der Waals surface area contributed by atoms with Crippen molar-refractivity contribution in [1.29, 1.82) is 0 Å². The first-order chi connectivity index (χ1) is 12.4. The van der Waals surface area contributed by atoms with Crippen LogP contribution in [-0.4, -0.2) is 22.6 Å². The van der Waals surface area contributed by atoms with Crippen molar-refractivity contribution < 1.29 is 0 Å². The fourth-order valence-electron chi connectivity index (χ4n) is 2.49. The summed E-state index contributed by atoms with van der Waals surface area (Å²) >= 11 is 0. The van der Waals surface area contributed by atoms with Crippen LogP contribution in [0.3, 0.4) is 0 Å². The Balaban J connectivity index is 1.67. The molecule has 0 heterocycles. The second-order valence-corrected chi connectivity index (χ2v) is 11.4. The molecule has 0 atom stereocenters. The van der Waals surface area contributed by atoms with E-state index >= 15 is 0 Å². The molecule has 2 aromatic carbocycles. The molecule has 0 bridgehead atoms. The SMILES string of the molecule is CC(C)(CNCc1ccccc1)SSC(C)(C)CNCc1ccccc1. The van der Waals surface area contributed by atoms with E-state index in [9.17, 15) is 0 Å². The van der Waals surface area contributed by atoms with E-state index in [1.165, 1.54) is 11.1 Å². The lowest BCUT2D eigenvalue weighted by Crippen LogP contribution is -2.34. The maximum atomic E-state index is 3.59. The molecule has 0 aliphatic rings. The summed E-state index contributed by atoms with van der Waals surface area (Å²) in [4.78, 5) is 0. The lowest BCUT2D eigenvalue weighted by atomic mass is 10.2. The Bertz CT molecular complexity index is 570. The fraction of sp³-hybridized carbons (Fsp3) is 0.455. The largest absolute Gasteiger partial charge is 0.311 e. The zero-order valence-corrected chi connectivity index (χ0v) is 18.1. The Labute approximate surface area is 167 Å². The van der Waals surface area contributed by atoms with Crippen molar-refractivity contribution >= 4 is 21.6 Å². The summed E-state index contributed by atoms with van der Waals surface area (Å²) in [7, 11) is 3.96. The number of hydrogen-bond donors (Lipinski definition) is 2. The molecule has 2 N–H and O–H groups in total. The van der Waals surface area contributed by atoms with Crippen molar-refractivity contribution in [3.8, 4) is 0 Å². The van der Waals surface area contributed by atoms with Crippen LogP contribution >= 0.6 is 21.6 Å². The van der Waals surface area contributed by atoms with Crippen LogP contribution in [0.1, 0.15) is 38.8 Å². The predicted octanol–water partition coefficient (Wildman–Crippen LogP) is 5.50. The molecule has 0 fully saturated rings. The van der Waals surface area contributed by atoms with Gasteiger partial charge in [-0.05, 0) is 38.8 Å². The Morgan fingerprint density at radius 2 is 0.962 bits per heavy atom. The van der Waals surface area contributed by atoms with Gasteiger partial charge in [0.1, 0.15) is 0 Å². The van der Waals surface area contributed by atoms with Gasteiger partial charge in [0.15, 0.2) is 0 Å². The molecule has 4 heteroatoms. The Morgan fingerprint density at radius 1 is 0.615 bits per heavy atom. The van der Waals surface area contributed by atoms with E-state index in [4.69, 9.17) is 0 Å². The van der Waals surface area contributed by atoms with Crippen molar-refractivity contribution in [1.82, 2.24) is 10.6 Å². The summed E-state index contributed by atoms with van der Waals surface area (Å²) in [6.45, 7) is 13.1. The minimum atomic E-state index is 0.191. The third-order valence-electron chi connectivity index (χ3n) is 3.94. The third kappa shape index (κ3) is 8.63. The van der Waals surface area contributed by atoms with Crippen LogP contribution in [0.4, 0.5) is 0 Å². The number of rotatable bonds is 11. The van der Waals surface area contributed by atoms with E-state index in [1.54, 1.807) is 0 Å². The molecular formula is C22H32N2S2. The molecule has 0 radical (unpaired) electrons. The Kier molecular flexibility index (Phi) is 8.55. The van der Waals surface area contributed by atoms with Gasteiger partial charge < -0.3 is 10.6 Å². The van der Waals surface area contributed by atoms with E-state index in [0.717, 1.165) is 26.2 Å². The summed E-state index contributed by atoms with van der Waals surface area (Å²) in [6.07, 6.45) is 0. The highest BCUT2D eigenvalue weighted by Gasteiger charge is 2.25. The highest BCUT2D eigenvalue weighted by Crippen LogP contribution is 2.43. The Morgan fingerprint density at radius 3 is 1.31 bits per heavy atom. The van der Waals surface area contributed by atoms with Crippen molar-refractivity contribution in [3.63, 3.8) is 0 Å². The van der Waals surface area contributed by atoms with Gasteiger partial charge in [-0.25, -0.2) is 0 Å². The first-order valence-electron chi connectivity index (χ1n) is 9.22. The number of hydrogen-bond acceptors (Lipinski definition) is 4. The van der Waals surface area contributed by atoms with Gasteiger partial charge in [-0.1, -0.05) is 82.3 Å². The molecule has 0 aliphatic heterocycles. The Hall–Kier alpha value is -0.940. The highest BCUT2D eigenvalue weighted by atomic mass is 33.1. The second-order valence-electron chi connectivity index (χ2n) is 7.86. The maximum Gasteiger partial charge on any atom is 0.0332 e. The molecule has 0 spiro atoms. The highest BCUT2D eigenvalue weighted by molar-refractivity contribution is 8.77. The van der Waals surface area contributed by atoms with Crippen LogP contribution in [0.25, 0.3) is 0 Å². The minimum Gasteiger partial charge on any atom is -0.311 e. The fourth-order valence-corrected chi connectivity index (χ4v) is 4.97. The lowest BCUT2D eigenvalue weighted by molar-refractivity contribution is 0.587. The third-order valence-corrected chi connectivity index (χ3v) is 8.17. The van der Waals surface area contributed by atoms with Gasteiger partial charge in [0, 0.05) is 35.7 Å². The van der Waals surface area contributed by atoms with Crippen molar-refractivity contribution in [2.75, 3.05) is 13.1 Å². The zero-order valence-electron chi connectivity index (χ0n) is 16.4. The van der Waals surface area contributed by atoms with Crippen molar-refractivity contribution in [3.05, 3.63) is 71.8 Å². The van der Waals surface area contributed by atoms with E-state index in [0.29, 0.717) is 0 Å². The van der Waals surface area contributed by atoms with Crippen LogP contribution in [0.5, 0.6) is 0 Å². The van der Waals surface area contributed by atoms with Gasteiger partial charge in [0.25, 0.3) is 0 Å². The molecule has 2 aromatic rings. The minimum absolute atomic E-state index is 0.191. The number of nitrogens with one attached hydrogen (secondary N) is 2. The van der Waals surface area contributed by atoms with E-state index < -0.39 is 0 Å². The molecular weight excluding hydrogens is 356 g/mol. The topological polar surface area (TPSA) is 24.1 Å². The maximum absolute atomic E-state index is 3.59. The van der Waals surface area contributed by atoms with Crippen LogP contribution in [0, 0.1) is 0 Å². The normalized spacial score (nSPS) is 12.3. The van der Waals surface area contributed by atoms with Gasteiger partial charge in [-0.3, -0.25) is 0 Å². The summed E-state index contributed by atoms with van der Waals surface area (Å²) in [5, 5.41) is 7.19. The molecule has 26 heavy (non-hydrogen) atoms. The predicted molar refractivity (Wildman–Crippen MR) is 120 cm³/mol. The molecule has 142 valence electrons. The first kappa shape index (κ1) is 21.4. The average Bonchev–Trinajstić information content (AvgIpc) is 2.62. The van der Waals surface area contributed by atoms with Crippen LogP contribution in [-0.2, 0) is 13.1 Å². The van der Waals surface area contributed by atoms with Crippen LogP contribution in [0.15, 0.2) is 60.7 Å². The molecule has 0 saturated heterocycles. The first-order valence-corrected chi connectivity index (χ1v) is 11.4. The lowest BCUT2D eigenvalue weighted by Gasteiger charge is -2.30. The van der Waals surface area contributed by atoms with E-state index in [-0.39, 0.29) is 9.49 Å². The summed E-state index contributed by atoms with van der Waals surface area (Å²) < 4.78 is 0.381. The van der Waals surface area contributed by atoms with Gasteiger partial charge in [-0.2, -0.15) is 0 Å². The van der Waals surface area contributed by atoms with Gasteiger partial charge in [0.2, 0.25) is 0 Å². The zero-order chi connectivity index (χ0) is 18.9. The van der Waals surface area contributed by atoms with E-state index in [2.05, 4.69) is 99.0 Å². The second kappa shape index (κ2) is 10.4. The summed E-state index contributed by atoms with van der Waals surface area (Å²) in [5.41, 5.74) is 2.68. The summed E-state index contributed by atoms with van der Waals surface area (Å²) in [6, 6.07) is 21.2. The molecule has 2 nitrogen and oxygen atoms in total. The standard InChI is InChI=1S/C22H32N2S2/c1-21(2,17-23-15-19-11-7-5-8-12-19)25-26-22(3,4)18-24-16-20-13-9-6-10-14-20/h5-14,23-24H,15-18H2,1-4H3. The number of benzene rings is 2. The molecule has 0 unspecified atom stereocenters. The van der Waals surface area contributed by atoms with Gasteiger partial charge >= 0.3 is 0 Å².